The zero-order valence-corrected chi connectivity index (χ0v) is 9.85. The molecule has 1 aliphatic heterocycles. The maximum Gasteiger partial charge on any atom is 0.226 e. The van der Waals surface area contributed by atoms with Gasteiger partial charge in [0.15, 0.2) is 0 Å². The predicted molar refractivity (Wildman–Crippen MR) is 65.8 cm³/mol. The molecule has 0 saturated carbocycles. The first-order chi connectivity index (χ1) is 7.79. The number of aliphatic hydroxyl groups is 1. The van der Waals surface area contributed by atoms with E-state index < -0.39 is 0 Å². The van der Waals surface area contributed by atoms with Crippen molar-refractivity contribution in [1.29, 1.82) is 0 Å². The molecule has 2 N–H and O–H groups in total. The van der Waals surface area contributed by atoms with E-state index in [4.69, 9.17) is 5.11 Å². The van der Waals surface area contributed by atoms with Crippen molar-refractivity contribution in [3.05, 3.63) is 23.8 Å². The van der Waals surface area contributed by atoms with Gasteiger partial charge < -0.3 is 10.4 Å². The van der Waals surface area contributed by atoms with Gasteiger partial charge in [-0.05, 0) is 42.4 Å². The Morgan fingerprint density at radius 2 is 2.38 bits per heavy atom. The number of nitrogens with one attached hydrogen (secondary N) is 1. The van der Waals surface area contributed by atoms with Crippen LogP contribution in [0.5, 0.6) is 0 Å². The normalized spacial score (nSPS) is 14.3. The molecule has 0 spiro atoms. The minimum Gasteiger partial charge on any atom is -0.396 e. The van der Waals surface area contributed by atoms with Crippen LogP contribution in [0.1, 0.15) is 18.4 Å². The lowest BCUT2D eigenvalue weighted by Gasteiger charge is -2.16. The second-order valence-electron chi connectivity index (χ2n) is 3.80. The van der Waals surface area contributed by atoms with Crippen molar-refractivity contribution in [3.8, 4) is 0 Å². The van der Waals surface area contributed by atoms with Crippen molar-refractivity contribution in [2.75, 3.05) is 17.7 Å². The molecule has 1 aromatic rings. The maximum absolute atomic E-state index is 11.3. The van der Waals surface area contributed by atoms with Crippen LogP contribution in [0.15, 0.2) is 23.1 Å². The summed E-state index contributed by atoms with van der Waals surface area (Å²) in [6.45, 7) is -0.105. The highest BCUT2D eigenvalue weighted by Crippen LogP contribution is 2.31. The standard InChI is InChI=1S/C12H15NO2S/c14-6-5-12(15)13-10-3-4-11-9(8-10)2-1-7-16-11/h3-4,8,14H,1-2,5-7H2,(H,13,15). The van der Waals surface area contributed by atoms with Gasteiger partial charge in [-0.3, -0.25) is 4.79 Å². The van der Waals surface area contributed by atoms with Gasteiger partial charge in [0.05, 0.1) is 13.0 Å². The zero-order chi connectivity index (χ0) is 11.4. The number of thioether (sulfide) groups is 1. The van der Waals surface area contributed by atoms with E-state index >= 15 is 0 Å². The van der Waals surface area contributed by atoms with Crippen molar-refractivity contribution in [2.24, 2.45) is 0 Å². The molecule has 4 heteroatoms. The molecule has 0 unspecified atom stereocenters. The number of fused-ring (bicyclic) bond motifs is 1. The highest BCUT2D eigenvalue weighted by molar-refractivity contribution is 7.99. The molecule has 0 radical (unpaired) electrons. The van der Waals surface area contributed by atoms with Crippen LogP contribution in [0.25, 0.3) is 0 Å². The lowest BCUT2D eigenvalue weighted by Crippen LogP contribution is -2.13. The first-order valence-corrected chi connectivity index (χ1v) is 6.44. The molecule has 0 saturated heterocycles. The van der Waals surface area contributed by atoms with Crippen molar-refractivity contribution < 1.29 is 9.90 Å². The molecule has 86 valence electrons. The monoisotopic (exact) mass is 237 g/mol. The van der Waals surface area contributed by atoms with Gasteiger partial charge in [0.1, 0.15) is 0 Å². The molecule has 0 aromatic heterocycles. The van der Waals surface area contributed by atoms with E-state index in [1.54, 1.807) is 0 Å². The quantitative estimate of drug-likeness (QED) is 0.846. The van der Waals surface area contributed by atoms with Gasteiger partial charge in [0, 0.05) is 10.6 Å². The van der Waals surface area contributed by atoms with Crippen LogP contribution in [0.2, 0.25) is 0 Å². The topological polar surface area (TPSA) is 49.3 Å². The van der Waals surface area contributed by atoms with Crippen molar-refractivity contribution in [3.63, 3.8) is 0 Å². The molecule has 1 heterocycles. The van der Waals surface area contributed by atoms with E-state index in [-0.39, 0.29) is 18.9 Å². The molecular weight excluding hydrogens is 222 g/mol. The van der Waals surface area contributed by atoms with Gasteiger partial charge in [-0.2, -0.15) is 0 Å². The van der Waals surface area contributed by atoms with Gasteiger partial charge in [0.2, 0.25) is 5.91 Å². The molecule has 1 aromatic carbocycles. The first-order valence-electron chi connectivity index (χ1n) is 5.46. The third kappa shape index (κ3) is 2.77. The molecule has 0 bridgehead atoms. The van der Waals surface area contributed by atoms with Gasteiger partial charge in [-0.15, -0.1) is 11.8 Å². The van der Waals surface area contributed by atoms with Crippen LogP contribution in [-0.2, 0) is 11.2 Å². The molecule has 1 amide bonds. The van der Waals surface area contributed by atoms with Gasteiger partial charge >= 0.3 is 0 Å². The Kier molecular flexibility index (Phi) is 3.85. The van der Waals surface area contributed by atoms with Crippen LogP contribution < -0.4 is 5.32 Å². The number of amides is 1. The Morgan fingerprint density at radius 3 is 3.19 bits per heavy atom. The second-order valence-corrected chi connectivity index (χ2v) is 4.93. The summed E-state index contributed by atoms with van der Waals surface area (Å²) in [6, 6.07) is 6.02. The van der Waals surface area contributed by atoms with E-state index in [1.165, 1.54) is 22.6 Å². The summed E-state index contributed by atoms with van der Waals surface area (Å²) in [5, 5.41) is 11.4. The molecule has 0 atom stereocenters. The number of rotatable bonds is 3. The Balaban J connectivity index is 2.08. The largest absolute Gasteiger partial charge is 0.396 e. The predicted octanol–water partition coefficient (Wildman–Crippen LogP) is 2.05. The summed E-state index contributed by atoms with van der Waals surface area (Å²) in [6.07, 6.45) is 2.45. The number of anilines is 1. The number of hydrogen-bond acceptors (Lipinski definition) is 3. The third-order valence-electron chi connectivity index (χ3n) is 2.53. The lowest BCUT2D eigenvalue weighted by atomic mass is 10.1. The zero-order valence-electron chi connectivity index (χ0n) is 9.03. The summed E-state index contributed by atoms with van der Waals surface area (Å²) in [5.41, 5.74) is 2.15. The summed E-state index contributed by atoms with van der Waals surface area (Å²) < 4.78 is 0. The van der Waals surface area contributed by atoms with E-state index in [2.05, 4.69) is 11.4 Å². The van der Waals surface area contributed by atoms with Crippen molar-refractivity contribution in [2.45, 2.75) is 24.2 Å². The summed E-state index contributed by atoms with van der Waals surface area (Å²) in [5.74, 6) is 1.05. The maximum atomic E-state index is 11.3. The number of aliphatic hydroxyl groups excluding tert-OH is 1. The van der Waals surface area contributed by atoms with Crippen LogP contribution in [0.3, 0.4) is 0 Å². The summed E-state index contributed by atoms with van der Waals surface area (Å²) in [4.78, 5) is 12.6. The van der Waals surface area contributed by atoms with Gasteiger partial charge in [0.25, 0.3) is 0 Å². The Bertz CT molecular complexity index is 393. The minimum absolute atomic E-state index is 0.105. The van der Waals surface area contributed by atoms with Crippen LogP contribution in [-0.4, -0.2) is 23.4 Å². The molecule has 2 rings (SSSR count). The van der Waals surface area contributed by atoms with Crippen molar-refractivity contribution in [1.82, 2.24) is 0 Å². The smallest absolute Gasteiger partial charge is 0.226 e. The Hall–Kier alpha value is -1.00. The number of hydrogen-bond donors (Lipinski definition) is 2. The fourth-order valence-corrected chi connectivity index (χ4v) is 2.78. The highest BCUT2D eigenvalue weighted by Gasteiger charge is 2.10. The summed E-state index contributed by atoms with van der Waals surface area (Å²) in [7, 11) is 0. The second kappa shape index (κ2) is 5.37. The fourth-order valence-electron chi connectivity index (χ4n) is 1.76. The van der Waals surface area contributed by atoms with Crippen LogP contribution in [0, 0.1) is 0 Å². The number of aryl methyl sites for hydroxylation is 1. The van der Waals surface area contributed by atoms with Gasteiger partial charge in [-0.25, -0.2) is 0 Å². The van der Waals surface area contributed by atoms with Gasteiger partial charge in [-0.1, -0.05) is 0 Å². The average molecular weight is 237 g/mol. The number of carbonyl (C=O) groups excluding carboxylic acids is 1. The molecule has 0 aliphatic carbocycles. The minimum atomic E-state index is -0.133. The van der Waals surface area contributed by atoms with Crippen molar-refractivity contribution >= 4 is 23.4 Å². The van der Waals surface area contributed by atoms with Crippen LogP contribution >= 0.6 is 11.8 Å². The molecule has 0 fully saturated rings. The van der Waals surface area contributed by atoms with E-state index in [9.17, 15) is 4.79 Å². The average Bonchev–Trinajstić information content (AvgIpc) is 2.29. The van der Waals surface area contributed by atoms with Crippen LogP contribution in [0.4, 0.5) is 5.69 Å². The first kappa shape index (κ1) is 11.5. The highest BCUT2D eigenvalue weighted by atomic mass is 32.2. The number of benzene rings is 1. The number of carbonyl (C=O) groups is 1. The lowest BCUT2D eigenvalue weighted by molar-refractivity contribution is -0.116. The van der Waals surface area contributed by atoms with E-state index in [1.807, 2.05) is 23.9 Å². The van der Waals surface area contributed by atoms with E-state index in [0.717, 1.165) is 12.1 Å². The molecule has 1 aliphatic rings. The molecular formula is C12H15NO2S. The Morgan fingerprint density at radius 1 is 1.50 bits per heavy atom. The Labute approximate surface area is 99.2 Å². The summed E-state index contributed by atoms with van der Waals surface area (Å²) >= 11 is 1.87. The SMILES string of the molecule is O=C(CCO)Nc1ccc2c(c1)CCCS2. The third-order valence-corrected chi connectivity index (χ3v) is 3.73. The molecule has 3 nitrogen and oxygen atoms in total. The van der Waals surface area contributed by atoms with E-state index in [0.29, 0.717) is 0 Å². The fraction of sp³-hybridized carbons (Fsp3) is 0.417. The molecule has 16 heavy (non-hydrogen) atoms.